The number of hydrogen-bond acceptors (Lipinski definition) is 3. The molecule has 0 bridgehead atoms. The lowest BCUT2D eigenvalue weighted by atomic mass is 10.1. The molecule has 1 amide bonds. The zero-order valence-electron chi connectivity index (χ0n) is 12.3. The third-order valence-corrected chi connectivity index (χ3v) is 3.18. The van der Waals surface area contributed by atoms with Gasteiger partial charge in [-0.2, -0.15) is 0 Å². The van der Waals surface area contributed by atoms with Gasteiger partial charge in [0.1, 0.15) is 5.82 Å². The zero-order chi connectivity index (χ0) is 16.7. The fraction of sp³-hybridized carbons (Fsp3) is 0.235. The van der Waals surface area contributed by atoms with E-state index in [1.807, 2.05) is 0 Å². The first-order chi connectivity index (χ1) is 11.1. The number of carbonyl (C=O) groups is 1. The van der Waals surface area contributed by atoms with E-state index in [1.165, 1.54) is 30.3 Å². The van der Waals surface area contributed by atoms with Crippen molar-refractivity contribution in [1.29, 1.82) is 0 Å². The molecule has 2 N–H and O–H groups in total. The quantitative estimate of drug-likeness (QED) is 0.824. The van der Waals surface area contributed by atoms with Crippen LogP contribution >= 0.6 is 0 Å². The first-order valence-electron chi connectivity index (χ1n) is 7.14. The molecule has 23 heavy (non-hydrogen) atoms. The highest BCUT2D eigenvalue weighted by atomic mass is 19.1. The van der Waals surface area contributed by atoms with Crippen molar-refractivity contribution in [3.05, 3.63) is 65.7 Å². The van der Waals surface area contributed by atoms with E-state index in [4.69, 9.17) is 4.74 Å². The maximum atomic E-state index is 13.5. The van der Waals surface area contributed by atoms with Gasteiger partial charge >= 0.3 is 0 Å². The molecule has 0 saturated heterocycles. The van der Waals surface area contributed by atoms with E-state index in [0.717, 1.165) is 0 Å². The maximum Gasteiger partial charge on any atom is 0.223 e. The van der Waals surface area contributed by atoms with Crippen molar-refractivity contribution in [1.82, 2.24) is 5.32 Å². The van der Waals surface area contributed by atoms with Crippen LogP contribution in [0.3, 0.4) is 0 Å². The number of benzene rings is 2. The van der Waals surface area contributed by atoms with Crippen LogP contribution in [0.25, 0.3) is 0 Å². The summed E-state index contributed by atoms with van der Waals surface area (Å²) in [4.78, 5) is 11.6. The third-order valence-electron chi connectivity index (χ3n) is 3.18. The van der Waals surface area contributed by atoms with Crippen molar-refractivity contribution in [3.8, 4) is 5.75 Å². The van der Waals surface area contributed by atoms with Gasteiger partial charge in [0.05, 0.1) is 19.1 Å². The van der Waals surface area contributed by atoms with E-state index in [1.54, 1.807) is 18.2 Å². The van der Waals surface area contributed by atoms with Crippen molar-refractivity contribution in [2.45, 2.75) is 12.5 Å². The van der Waals surface area contributed by atoms with Gasteiger partial charge in [-0.3, -0.25) is 4.79 Å². The van der Waals surface area contributed by atoms with Gasteiger partial charge in [-0.05, 0) is 18.2 Å². The molecule has 0 radical (unpaired) electrons. The van der Waals surface area contributed by atoms with Crippen LogP contribution < -0.4 is 10.1 Å². The Bertz CT molecular complexity index is 664. The average molecular weight is 321 g/mol. The molecule has 2 rings (SSSR count). The zero-order valence-corrected chi connectivity index (χ0v) is 12.3. The number of ether oxygens (including phenoxy) is 1. The topological polar surface area (TPSA) is 58.6 Å². The monoisotopic (exact) mass is 321 g/mol. The van der Waals surface area contributed by atoms with Crippen molar-refractivity contribution in [2.75, 3.05) is 13.2 Å². The minimum atomic E-state index is -1.13. The Morgan fingerprint density at radius 3 is 2.43 bits per heavy atom. The number of aliphatic hydroxyl groups excluding tert-OH is 1. The summed E-state index contributed by atoms with van der Waals surface area (Å²) in [6.07, 6.45) is -1.13. The van der Waals surface area contributed by atoms with Crippen molar-refractivity contribution in [2.24, 2.45) is 0 Å². The lowest BCUT2D eigenvalue weighted by Gasteiger charge is -2.13. The number of aliphatic hydroxyl groups is 1. The Morgan fingerprint density at radius 1 is 1.09 bits per heavy atom. The molecule has 0 spiro atoms. The van der Waals surface area contributed by atoms with E-state index in [-0.39, 0.29) is 36.8 Å². The van der Waals surface area contributed by atoms with Gasteiger partial charge in [0.15, 0.2) is 11.6 Å². The fourth-order valence-electron chi connectivity index (χ4n) is 1.97. The van der Waals surface area contributed by atoms with E-state index >= 15 is 0 Å². The molecule has 0 aliphatic heterocycles. The summed E-state index contributed by atoms with van der Waals surface area (Å²) in [5.74, 6) is -1.33. The van der Waals surface area contributed by atoms with E-state index < -0.39 is 17.7 Å². The van der Waals surface area contributed by atoms with Crippen molar-refractivity contribution >= 4 is 5.91 Å². The summed E-state index contributed by atoms with van der Waals surface area (Å²) in [6, 6.07) is 11.7. The normalized spacial score (nSPS) is 11.8. The Kier molecular flexibility index (Phi) is 6.05. The number of para-hydroxylation sites is 1. The first-order valence-corrected chi connectivity index (χ1v) is 7.14. The number of hydrogen-bond donors (Lipinski definition) is 2. The SMILES string of the molecule is O=C(CCOc1ccccc1F)NC[C@H](O)c1ccccc1F. The fourth-order valence-corrected chi connectivity index (χ4v) is 1.97. The Balaban J connectivity index is 1.73. The van der Waals surface area contributed by atoms with Crippen LogP contribution in [0.1, 0.15) is 18.1 Å². The van der Waals surface area contributed by atoms with Gasteiger partial charge in [-0.25, -0.2) is 8.78 Å². The molecule has 0 heterocycles. The van der Waals surface area contributed by atoms with Gasteiger partial charge in [-0.1, -0.05) is 30.3 Å². The first kappa shape index (κ1) is 16.9. The minimum Gasteiger partial charge on any atom is -0.490 e. The van der Waals surface area contributed by atoms with Gasteiger partial charge in [-0.15, -0.1) is 0 Å². The summed E-state index contributed by atoms with van der Waals surface area (Å²) in [5, 5.41) is 12.3. The summed E-state index contributed by atoms with van der Waals surface area (Å²) in [7, 11) is 0. The smallest absolute Gasteiger partial charge is 0.223 e. The highest BCUT2D eigenvalue weighted by Gasteiger charge is 2.13. The molecule has 0 aliphatic rings. The van der Waals surface area contributed by atoms with Crippen LogP contribution in [-0.2, 0) is 4.79 Å². The van der Waals surface area contributed by atoms with Crippen molar-refractivity contribution < 1.29 is 23.4 Å². The molecule has 0 saturated carbocycles. The largest absolute Gasteiger partial charge is 0.490 e. The summed E-state index contributed by atoms with van der Waals surface area (Å²) in [5.41, 5.74) is 0.121. The van der Waals surface area contributed by atoms with E-state index in [0.29, 0.717) is 0 Å². The van der Waals surface area contributed by atoms with Crippen LogP contribution in [0.5, 0.6) is 5.75 Å². The molecule has 0 unspecified atom stereocenters. The molecule has 1 atom stereocenters. The van der Waals surface area contributed by atoms with Crippen LogP contribution in [-0.4, -0.2) is 24.2 Å². The lowest BCUT2D eigenvalue weighted by molar-refractivity contribution is -0.122. The number of amides is 1. The number of halogens is 2. The van der Waals surface area contributed by atoms with Crippen LogP contribution in [0.2, 0.25) is 0 Å². The maximum absolute atomic E-state index is 13.5. The van der Waals surface area contributed by atoms with Crippen LogP contribution in [0, 0.1) is 11.6 Å². The minimum absolute atomic E-state index is 0.00166. The van der Waals surface area contributed by atoms with Gasteiger partial charge < -0.3 is 15.2 Å². The van der Waals surface area contributed by atoms with Crippen LogP contribution in [0.4, 0.5) is 8.78 Å². The van der Waals surface area contributed by atoms with E-state index in [9.17, 15) is 18.7 Å². The molecule has 0 aliphatic carbocycles. The van der Waals surface area contributed by atoms with Crippen LogP contribution in [0.15, 0.2) is 48.5 Å². The molecule has 122 valence electrons. The third kappa shape index (κ3) is 5.03. The van der Waals surface area contributed by atoms with Gasteiger partial charge in [0.25, 0.3) is 0 Å². The second kappa shape index (κ2) is 8.24. The molecule has 6 heteroatoms. The predicted molar refractivity (Wildman–Crippen MR) is 80.9 cm³/mol. The molecule has 2 aromatic carbocycles. The van der Waals surface area contributed by atoms with Gasteiger partial charge in [0.2, 0.25) is 5.91 Å². The second-order valence-corrected chi connectivity index (χ2v) is 4.87. The molecule has 2 aromatic rings. The molecule has 0 aromatic heterocycles. The standard InChI is InChI=1S/C17H17F2NO3/c18-13-6-2-1-5-12(13)15(21)11-20-17(22)9-10-23-16-8-4-3-7-14(16)19/h1-8,15,21H,9-11H2,(H,20,22)/t15-/m0/s1. The Morgan fingerprint density at radius 2 is 1.74 bits per heavy atom. The number of nitrogens with one attached hydrogen (secondary N) is 1. The molecular weight excluding hydrogens is 304 g/mol. The number of carbonyl (C=O) groups excluding carboxylic acids is 1. The van der Waals surface area contributed by atoms with Gasteiger partial charge in [0, 0.05) is 12.1 Å². The van der Waals surface area contributed by atoms with Crippen molar-refractivity contribution in [3.63, 3.8) is 0 Å². The second-order valence-electron chi connectivity index (χ2n) is 4.87. The highest BCUT2D eigenvalue weighted by Crippen LogP contribution is 2.16. The Hall–Kier alpha value is -2.47. The molecular formula is C17H17F2NO3. The summed E-state index contributed by atoms with van der Waals surface area (Å²) < 4.78 is 31.9. The van der Waals surface area contributed by atoms with E-state index in [2.05, 4.69) is 5.32 Å². The molecule has 0 fully saturated rings. The molecule has 4 nitrogen and oxygen atoms in total. The average Bonchev–Trinajstić information content (AvgIpc) is 2.55. The summed E-state index contributed by atoms with van der Waals surface area (Å²) >= 11 is 0. The predicted octanol–water partition coefficient (Wildman–Crippen LogP) is 2.58. The highest BCUT2D eigenvalue weighted by molar-refractivity contribution is 5.76. The lowest BCUT2D eigenvalue weighted by Crippen LogP contribution is -2.29. The summed E-state index contributed by atoms with van der Waals surface area (Å²) in [6.45, 7) is -0.109. The Labute approximate surface area is 132 Å². The number of rotatable bonds is 7.